The number of hydrogen-bond acceptors (Lipinski definition) is 2. The summed E-state index contributed by atoms with van der Waals surface area (Å²) in [5, 5.41) is 2.88. The highest BCUT2D eigenvalue weighted by molar-refractivity contribution is 5.95. The number of carbonyl (C=O) groups is 2. The standard InChI is InChI=1S/C16H23N3O2/c1-11-8-9-13(10-12(11)2)15(20)18-19-16(21)17-14-6-4-3-5-7-14/h8-10,14H,3-7H2,1-2H3,(H,18,20)(H2,17,19,21). The van der Waals surface area contributed by atoms with Gasteiger partial charge in [0.1, 0.15) is 0 Å². The zero-order chi connectivity index (χ0) is 15.2. The van der Waals surface area contributed by atoms with E-state index in [1.165, 1.54) is 6.42 Å². The number of benzene rings is 1. The van der Waals surface area contributed by atoms with E-state index in [2.05, 4.69) is 16.2 Å². The summed E-state index contributed by atoms with van der Waals surface area (Å²) >= 11 is 0. The van der Waals surface area contributed by atoms with Gasteiger partial charge in [-0.25, -0.2) is 10.2 Å². The minimum atomic E-state index is -0.348. The van der Waals surface area contributed by atoms with E-state index < -0.39 is 0 Å². The van der Waals surface area contributed by atoms with Gasteiger partial charge in [-0.3, -0.25) is 10.2 Å². The summed E-state index contributed by atoms with van der Waals surface area (Å²) in [5.74, 6) is -0.308. The summed E-state index contributed by atoms with van der Waals surface area (Å²) in [7, 11) is 0. The van der Waals surface area contributed by atoms with Gasteiger partial charge in [0.25, 0.3) is 5.91 Å². The Bertz CT molecular complexity index is 522. The summed E-state index contributed by atoms with van der Waals surface area (Å²) in [5.41, 5.74) is 7.57. The summed E-state index contributed by atoms with van der Waals surface area (Å²) in [6.07, 6.45) is 5.57. The normalized spacial score (nSPS) is 15.3. The monoisotopic (exact) mass is 289 g/mol. The predicted molar refractivity (Wildman–Crippen MR) is 81.9 cm³/mol. The molecule has 1 saturated carbocycles. The smallest absolute Gasteiger partial charge is 0.333 e. The number of aryl methyl sites for hydroxylation is 2. The second-order valence-electron chi connectivity index (χ2n) is 5.69. The third-order valence-electron chi connectivity index (χ3n) is 4.00. The highest BCUT2D eigenvalue weighted by Gasteiger charge is 2.16. The van der Waals surface area contributed by atoms with Gasteiger partial charge >= 0.3 is 6.03 Å². The maximum absolute atomic E-state index is 12.0. The van der Waals surface area contributed by atoms with Crippen molar-refractivity contribution in [2.45, 2.75) is 52.0 Å². The molecule has 0 aromatic heterocycles. The molecule has 1 aliphatic rings. The molecule has 0 bridgehead atoms. The number of hydrogen-bond donors (Lipinski definition) is 3. The van der Waals surface area contributed by atoms with Crippen LogP contribution in [0.15, 0.2) is 18.2 Å². The molecule has 0 unspecified atom stereocenters. The van der Waals surface area contributed by atoms with Crippen LogP contribution in [0.2, 0.25) is 0 Å². The lowest BCUT2D eigenvalue weighted by atomic mass is 9.96. The lowest BCUT2D eigenvalue weighted by Crippen LogP contribution is -2.50. The first-order valence-electron chi connectivity index (χ1n) is 7.50. The maximum Gasteiger partial charge on any atom is 0.333 e. The fraction of sp³-hybridized carbons (Fsp3) is 0.500. The molecule has 3 N–H and O–H groups in total. The van der Waals surface area contributed by atoms with E-state index >= 15 is 0 Å². The fourth-order valence-electron chi connectivity index (χ4n) is 2.54. The number of amides is 3. The van der Waals surface area contributed by atoms with Crippen molar-refractivity contribution in [1.82, 2.24) is 16.2 Å². The molecule has 114 valence electrons. The van der Waals surface area contributed by atoms with Crippen LogP contribution in [0.4, 0.5) is 4.79 Å². The molecule has 2 rings (SSSR count). The number of nitrogens with one attached hydrogen (secondary N) is 3. The van der Waals surface area contributed by atoms with Crippen LogP contribution in [0.1, 0.15) is 53.6 Å². The fourth-order valence-corrected chi connectivity index (χ4v) is 2.54. The number of hydrazine groups is 1. The molecule has 0 atom stereocenters. The van der Waals surface area contributed by atoms with Crippen molar-refractivity contribution in [2.75, 3.05) is 0 Å². The Balaban J connectivity index is 1.80. The van der Waals surface area contributed by atoms with Crippen LogP contribution in [0.25, 0.3) is 0 Å². The van der Waals surface area contributed by atoms with Crippen molar-refractivity contribution in [1.29, 1.82) is 0 Å². The van der Waals surface area contributed by atoms with E-state index in [4.69, 9.17) is 0 Å². The zero-order valence-electron chi connectivity index (χ0n) is 12.7. The topological polar surface area (TPSA) is 70.2 Å². The van der Waals surface area contributed by atoms with Crippen molar-refractivity contribution in [3.63, 3.8) is 0 Å². The number of carbonyl (C=O) groups excluding carboxylic acids is 2. The SMILES string of the molecule is Cc1ccc(C(=O)NNC(=O)NC2CCCCC2)cc1C. The van der Waals surface area contributed by atoms with Gasteiger partial charge in [0, 0.05) is 11.6 Å². The molecule has 1 fully saturated rings. The molecule has 0 radical (unpaired) electrons. The van der Waals surface area contributed by atoms with Gasteiger partial charge in [-0.1, -0.05) is 25.3 Å². The van der Waals surface area contributed by atoms with Gasteiger partial charge in [0.05, 0.1) is 0 Å². The minimum absolute atomic E-state index is 0.220. The predicted octanol–water partition coefficient (Wildman–Crippen LogP) is 2.58. The highest BCUT2D eigenvalue weighted by atomic mass is 16.2. The van der Waals surface area contributed by atoms with E-state index in [1.54, 1.807) is 6.07 Å². The second kappa shape index (κ2) is 7.11. The van der Waals surface area contributed by atoms with Crippen molar-refractivity contribution >= 4 is 11.9 Å². The third kappa shape index (κ3) is 4.48. The van der Waals surface area contributed by atoms with Crippen LogP contribution in [-0.2, 0) is 0 Å². The van der Waals surface area contributed by atoms with Gasteiger partial charge in [-0.05, 0) is 49.9 Å². The first-order valence-corrected chi connectivity index (χ1v) is 7.50. The Morgan fingerprint density at radius 2 is 1.71 bits per heavy atom. The lowest BCUT2D eigenvalue weighted by molar-refractivity contribution is 0.0935. The molecule has 5 nitrogen and oxygen atoms in total. The average molecular weight is 289 g/mol. The van der Waals surface area contributed by atoms with Crippen molar-refractivity contribution in [3.8, 4) is 0 Å². The van der Waals surface area contributed by atoms with Crippen molar-refractivity contribution in [3.05, 3.63) is 34.9 Å². The molecule has 1 aromatic carbocycles. The largest absolute Gasteiger partial charge is 0.334 e. The van der Waals surface area contributed by atoms with Crippen LogP contribution < -0.4 is 16.2 Å². The third-order valence-corrected chi connectivity index (χ3v) is 4.00. The van der Waals surface area contributed by atoms with E-state index in [1.807, 2.05) is 26.0 Å². The molecule has 21 heavy (non-hydrogen) atoms. The van der Waals surface area contributed by atoms with Gasteiger partial charge in [0.15, 0.2) is 0 Å². The molecule has 3 amide bonds. The Kier molecular flexibility index (Phi) is 5.20. The Morgan fingerprint density at radius 1 is 1.00 bits per heavy atom. The second-order valence-corrected chi connectivity index (χ2v) is 5.69. The van der Waals surface area contributed by atoms with Crippen LogP contribution >= 0.6 is 0 Å². The number of rotatable bonds is 2. The van der Waals surface area contributed by atoms with E-state index in [0.717, 1.165) is 36.8 Å². The van der Waals surface area contributed by atoms with Gasteiger partial charge in [-0.15, -0.1) is 0 Å². The molecule has 0 saturated heterocycles. The molecule has 1 aromatic rings. The van der Waals surface area contributed by atoms with Crippen LogP contribution in [0.5, 0.6) is 0 Å². The molecule has 0 spiro atoms. The summed E-state index contributed by atoms with van der Waals surface area (Å²) < 4.78 is 0. The van der Waals surface area contributed by atoms with Crippen molar-refractivity contribution < 1.29 is 9.59 Å². The van der Waals surface area contributed by atoms with E-state index in [0.29, 0.717) is 5.56 Å². The molecule has 1 aliphatic carbocycles. The van der Waals surface area contributed by atoms with E-state index in [9.17, 15) is 9.59 Å². The lowest BCUT2D eigenvalue weighted by Gasteiger charge is -2.22. The van der Waals surface area contributed by atoms with E-state index in [-0.39, 0.29) is 18.0 Å². The maximum atomic E-state index is 12.0. The van der Waals surface area contributed by atoms with Crippen LogP contribution in [0.3, 0.4) is 0 Å². The Hall–Kier alpha value is -2.04. The summed E-state index contributed by atoms with van der Waals surface area (Å²) in [4.78, 5) is 23.7. The first kappa shape index (κ1) is 15.4. The van der Waals surface area contributed by atoms with Gasteiger partial charge < -0.3 is 5.32 Å². The zero-order valence-corrected chi connectivity index (χ0v) is 12.7. The van der Waals surface area contributed by atoms with Crippen LogP contribution in [0, 0.1) is 13.8 Å². The molecule has 0 aliphatic heterocycles. The summed E-state index contributed by atoms with van der Waals surface area (Å²) in [6.45, 7) is 3.95. The minimum Gasteiger partial charge on any atom is -0.334 e. The van der Waals surface area contributed by atoms with Gasteiger partial charge in [0.2, 0.25) is 0 Å². The Morgan fingerprint density at radius 3 is 2.38 bits per heavy atom. The molecule has 0 heterocycles. The molecular weight excluding hydrogens is 266 g/mol. The van der Waals surface area contributed by atoms with Crippen molar-refractivity contribution in [2.24, 2.45) is 0 Å². The number of urea groups is 1. The average Bonchev–Trinajstić information content (AvgIpc) is 2.48. The Labute approximate surface area is 125 Å². The highest BCUT2D eigenvalue weighted by Crippen LogP contribution is 2.17. The van der Waals surface area contributed by atoms with Crippen LogP contribution in [-0.4, -0.2) is 18.0 Å². The molecular formula is C16H23N3O2. The molecule has 5 heteroatoms. The van der Waals surface area contributed by atoms with Gasteiger partial charge in [-0.2, -0.15) is 0 Å². The quantitative estimate of drug-likeness (QED) is 0.732. The summed E-state index contributed by atoms with van der Waals surface area (Å²) in [6, 6.07) is 5.33. The first-order chi connectivity index (χ1) is 10.1.